The van der Waals surface area contributed by atoms with Crippen molar-refractivity contribution in [3.63, 3.8) is 0 Å². The summed E-state index contributed by atoms with van der Waals surface area (Å²) >= 11 is 12.6. The molecule has 0 bridgehead atoms. The number of ketones is 1. The van der Waals surface area contributed by atoms with Crippen LogP contribution in [-0.4, -0.2) is 28.9 Å². The topological polar surface area (TPSA) is 82.6 Å². The van der Waals surface area contributed by atoms with Gasteiger partial charge < -0.3 is 14.8 Å². The van der Waals surface area contributed by atoms with Gasteiger partial charge in [-0.05, 0) is 48.9 Å². The fourth-order valence-corrected chi connectivity index (χ4v) is 4.80. The van der Waals surface area contributed by atoms with Crippen LogP contribution in [0.2, 0.25) is 10.0 Å². The number of carbonyl (C=O) groups is 2. The van der Waals surface area contributed by atoms with Crippen molar-refractivity contribution in [2.45, 2.75) is 13.0 Å². The zero-order valence-corrected chi connectivity index (χ0v) is 20.3. The number of Topliss-reactive ketones (excluding diaryl/α,β-unsaturated/α-hetero) is 1. The number of ether oxygens (including phenoxy) is 1. The standard InChI is InChI=1S/C27H20Cl2N2O4/c1-14-7-9-16(12-20(14)29)31-24(19-13-30-21-6-4-3-5-17(19)21)23(26(33)27(31)34)25(32)18-11-15(28)8-10-22(18)35-2/h3-13,24,30,32H,1-2H3/b25-23+. The normalized spacial score (nSPS) is 17.4. The minimum Gasteiger partial charge on any atom is -0.507 e. The highest BCUT2D eigenvalue weighted by Gasteiger charge is 2.48. The molecule has 0 aliphatic carbocycles. The van der Waals surface area contributed by atoms with E-state index >= 15 is 0 Å². The highest BCUT2D eigenvalue weighted by atomic mass is 35.5. The van der Waals surface area contributed by atoms with Gasteiger partial charge in [-0.1, -0.05) is 47.5 Å². The van der Waals surface area contributed by atoms with E-state index in [1.807, 2.05) is 31.2 Å². The highest BCUT2D eigenvalue weighted by Crippen LogP contribution is 2.45. The Balaban J connectivity index is 1.81. The third-order valence-electron chi connectivity index (χ3n) is 6.21. The number of H-pyrrole nitrogens is 1. The summed E-state index contributed by atoms with van der Waals surface area (Å²) < 4.78 is 5.39. The Labute approximate surface area is 211 Å². The maximum atomic E-state index is 13.5. The largest absolute Gasteiger partial charge is 0.507 e. The number of aromatic nitrogens is 1. The molecule has 176 valence electrons. The number of para-hydroxylation sites is 1. The number of hydrogen-bond donors (Lipinski definition) is 2. The summed E-state index contributed by atoms with van der Waals surface area (Å²) in [6, 6.07) is 16.5. The molecule has 35 heavy (non-hydrogen) atoms. The Morgan fingerprint density at radius 2 is 1.83 bits per heavy atom. The van der Waals surface area contributed by atoms with Crippen molar-refractivity contribution in [1.82, 2.24) is 4.98 Å². The summed E-state index contributed by atoms with van der Waals surface area (Å²) in [7, 11) is 1.45. The molecule has 5 rings (SSSR count). The smallest absolute Gasteiger partial charge is 0.300 e. The van der Waals surface area contributed by atoms with Crippen LogP contribution in [0.3, 0.4) is 0 Å². The summed E-state index contributed by atoms with van der Waals surface area (Å²) in [4.78, 5) is 31.4. The molecule has 1 aromatic heterocycles. The number of carbonyl (C=O) groups excluding carboxylic acids is 2. The molecule has 1 atom stereocenters. The third kappa shape index (κ3) is 3.75. The predicted molar refractivity (Wildman–Crippen MR) is 137 cm³/mol. The molecule has 2 heterocycles. The first-order valence-corrected chi connectivity index (χ1v) is 11.5. The van der Waals surface area contributed by atoms with Gasteiger partial charge in [-0.15, -0.1) is 0 Å². The number of aryl methyl sites for hydroxylation is 1. The zero-order chi connectivity index (χ0) is 24.9. The SMILES string of the molecule is COc1ccc(Cl)cc1/C(O)=C1\C(=O)C(=O)N(c2ccc(C)c(Cl)c2)C1c1c[nH]c2ccccc12. The number of amides is 1. The van der Waals surface area contributed by atoms with Crippen LogP contribution in [0.5, 0.6) is 5.75 Å². The average molecular weight is 507 g/mol. The molecule has 1 amide bonds. The molecule has 1 aliphatic rings. The first-order chi connectivity index (χ1) is 16.8. The second-order valence-electron chi connectivity index (χ2n) is 8.24. The average Bonchev–Trinajstić information content (AvgIpc) is 3.39. The summed E-state index contributed by atoms with van der Waals surface area (Å²) in [5, 5.41) is 13.1. The van der Waals surface area contributed by atoms with Gasteiger partial charge in [0.25, 0.3) is 11.7 Å². The lowest BCUT2D eigenvalue weighted by atomic mass is 9.94. The number of hydrogen-bond acceptors (Lipinski definition) is 4. The van der Waals surface area contributed by atoms with E-state index in [1.54, 1.807) is 36.5 Å². The number of benzene rings is 3. The van der Waals surface area contributed by atoms with Crippen LogP contribution in [0.15, 0.2) is 72.4 Å². The lowest BCUT2D eigenvalue weighted by Gasteiger charge is -2.25. The second-order valence-corrected chi connectivity index (χ2v) is 9.08. The Bertz CT molecular complexity index is 1540. The van der Waals surface area contributed by atoms with Crippen molar-refractivity contribution in [3.05, 3.63) is 99.2 Å². The third-order valence-corrected chi connectivity index (χ3v) is 6.85. The van der Waals surface area contributed by atoms with Gasteiger partial charge >= 0.3 is 0 Å². The lowest BCUT2D eigenvalue weighted by molar-refractivity contribution is -0.132. The number of aliphatic hydroxyl groups excluding tert-OH is 1. The first-order valence-electron chi connectivity index (χ1n) is 10.8. The molecule has 1 aliphatic heterocycles. The van der Waals surface area contributed by atoms with E-state index < -0.39 is 17.7 Å². The van der Waals surface area contributed by atoms with E-state index in [1.165, 1.54) is 18.1 Å². The summed E-state index contributed by atoms with van der Waals surface area (Å²) in [5.41, 5.74) is 2.89. The first kappa shape index (κ1) is 23.0. The van der Waals surface area contributed by atoms with Gasteiger partial charge in [0.05, 0.1) is 24.3 Å². The molecule has 4 aromatic rings. The van der Waals surface area contributed by atoms with Crippen LogP contribution in [0.4, 0.5) is 5.69 Å². The monoisotopic (exact) mass is 506 g/mol. The molecular weight excluding hydrogens is 487 g/mol. The summed E-state index contributed by atoms with van der Waals surface area (Å²) in [5.74, 6) is -1.66. The fourth-order valence-electron chi connectivity index (χ4n) is 4.46. The second kappa shape index (κ2) is 8.80. The van der Waals surface area contributed by atoms with Gasteiger partial charge in [0.2, 0.25) is 0 Å². The van der Waals surface area contributed by atoms with Crippen molar-refractivity contribution in [2.24, 2.45) is 0 Å². The molecule has 1 unspecified atom stereocenters. The molecule has 1 saturated heterocycles. The lowest BCUT2D eigenvalue weighted by Crippen LogP contribution is -2.29. The molecular formula is C27H20Cl2N2O4. The Hall–Kier alpha value is -3.74. The molecule has 0 spiro atoms. The quantitative estimate of drug-likeness (QED) is 0.190. The molecule has 1 fully saturated rings. The summed E-state index contributed by atoms with van der Waals surface area (Å²) in [6.07, 6.45) is 1.74. The molecule has 0 saturated carbocycles. The highest BCUT2D eigenvalue weighted by molar-refractivity contribution is 6.52. The van der Waals surface area contributed by atoms with Gasteiger partial charge in [0.1, 0.15) is 11.5 Å². The molecule has 0 radical (unpaired) electrons. The Morgan fingerprint density at radius 3 is 2.57 bits per heavy atom. The van der Waals surface area contributed by atoms with Crippen molar-refractivity contribution in [2.75, 3.05) is 12.0 Å². The maximum Gasteiger partial charge on any atom is 0.300 e. The van der Waals surface area contributed by atoms with Gasteiger partial charge in [0.15, 0.2) is 0 Å². The minimum atomic E-state index is -0.923. The van der Waals surface area contributed by atoms with Crippen LogP contribution in [-0.2, 0) is 9.59 Å². The number of halogens is 2. The van der Waals surface area contributed by atoms with Crippen LogP contribution in [0, 0.1) is 6.92 Å². The predicted octanol–water partition coefficient (Wildman–Crippen LogP) is 6.42. The van der Waals surface area contributed by atoms with Crippen LogP contribution in [0.25, 0.3) is 16.7 Å². The molecule has 8 heteroatoms. The van der Waals surface area contributed by atoms with Gasteiger partial charge in [-0.25, -0.2) is 0 Å². The number of rotatable bonds is 4. The zero-order valence-electron chi connectivity index (χ0n) is 18.8. The Kier molecular flexibility index (Phi) is 5.79. The van der Waals surface area contributed by atoms with Crippen molar-refractivity contribution in [3.8, 4) is 5.75 Å². The molecule has 6 nitrogen and oxygen atoms in total. The summed E-state index contributed by atoms with van der Waals surface area (Å²) in [6.45, 7) is 1.85. The van der Waals surface area contributed by atoms with Gasteiger partial charge in [-0.3, -0.25) is 14.5 Å². The van der Waals surface area contributed by atoms with E-state index in [9.17, 15) is 14.7 Å². The Morgan fingerprint density at radius 1 is 1.06 bits per heavy atom. The van der Waals surface area contributed by atoms with Crippen molar-refractivity contribution < 1.29 is 19.4 Å². The fraction of sp³-hybridized carbons (Fsp3) is 0.111. The maximum absolute atomic E-state index is 13.5. The van der Waals surface area contributed by atoms with Crippen LogP contribution < -0.4 is 9.64 Å². The van der Waals surface area contributed by atoms with E-state index in [0.29, 0.717) is 27.0 Å². The number of nitrogens with one attached hydrogen (secondary N) is 1. The number of aliphatic hydroxyl groups is 1. The van der Waals surface area contributed by atoms with E-state index in [0.717, 1.165) is 16.5 Å². The van der Waals surface area contributed by atoms with E-state index in [-0.39, 0.29) is 16.9 Å². The molecule has 2 N–H and O–H groups in total. The molecule has 3 aromatic carbocycles. The number of nitrogens with zero attached hydrogens (tertiary/aromatic N) is 1. The van der Waals surface area contributed by atoms with Crippen LogP contribution in [0.1, 0.15) is 22.7 Å². The number of aromatic amines is 1. The van der Waals surface area contributed by atoms with Gasteiger partial charge in [-0.2, -0.15) is 0 Å². The van der Waals surface area contributed by atoms with Crippen molar-refractivity contribution in [1.29, 1.82) is 0 Å². The van der Waals surface area contributed by atoms with Crippen molar-refractivity contribution >= 4 is 57.2 Å². The minimum absolute atomic E-state index is 0.0722. The number of methoxy groups -OCH3 is 1. The number of anilines is 1. The number of fused-ring (bicyclic) bond motifs is 1. The van der Waals surface area contributed by atoms with Crippen LogP contribution >= 0.6 is 23.2 Å². The van der Waals surface area contributed by atoms with E-state index in [2.05, 4.69) is 4.98 Å². The van der Waals surface area contributed by atoms with Gasteiger partial charge in [0, 0.05) is 38.4 Å². The van der Waals surface area contributed by atoms with E-state index in [4.69, 9.17) is 27.9 Å².